The van der Waals surface area contributed by atoms with Crippen molar-refractivity contribution in [3.63, 3.8) is 0 Å². The van der Waals surface area contributed by atoms with Gasteiger partial charge in [0.1, 0.15) is 0 Å². The van der Waals surface area contributed by atoms with Gasteiger partial charge in [0.25, 0.3) is 0 Å². The fraction of sp³-hybridized carbons (Fsp3) is 0.250. The lowest BCUT2D eigenvalue weighted by Crippen LogP contribution is -2.29. The maximum absolute atomic E-state index is 9.40. The standard InChI is InChI=1S/C20H21ClN2O/c21-19-9-8-17-7-4-11-22-20(17)18(19)15-23(13-14-24)12-10-16-5-2-1-3-6-16/h1-9,11,24H,10,12-15H2. The maximum atomic E-state index is 9.40. The van der Waals surface area contributed by atoms with Crippen molar-refractivity contribution in [2.45, 2.75) is 13.0 Å². The third-order valence-corrected chi connectivity index (χ3v) is 4.53. The number of nitrogens with zero attached hydrogens (tertiary/aromatic N) is 2. The van der Waals surface area contributed by atoms with E-state index in [2.05, 4.69) is 34.1 Å². The number of aliphatic hydroxyl groups is 1. The third-order valence-electron chi connectivity index (χ3n) is 4.18. The van der Waals surface area contributed by atoms with Gasteiger partial charge in [-0.1, -0.05) is 54.1 Å². The quantitative estimate of drug-likeness (QED) is 0.708. The summed E-state index contributed by atoms with van der Waals surface area (Å²) in [6.45, 7) is 2.29. The van der Waals surface area contributed by atoms with Crippen LogP contribution in [0.25, 0.3) is 10.9 Å². The van der Waals surface area contributed by atoms with Crippen molar-refractivity contribution in [3.05, 3.63) is 76.9 Å². The second kappa shape index (κ2) is 8.25. The summed E-state index contributed by atoms with van der Waals surface area (Å²) in [5, 5.41) is 11.2. The molecule has 1 aromatic heterocycles. The summed E-state index contributed by atoms with van der Waals surface area (Å²) in [5.74, 6) is 0. The molecule has 0 saturated heterocycles. The molecule has 0 unspecified atom stereocenters. The van der Waals surface area contributed by atoms with Gasteiger partial charge in [-0.15, -0.1) is 0 Å². The fourth-order valence-electron chi connectivity index (χ4n) is 2.90. The van der Waals surface area contributed by atoms with Gasteiger partial charge in [-0.25, -0.2) is 0 Å². The molecule has 0 fully saturated rings. The van der Waals surface area contributed by atoms with E-state index in [1.807, 2.05) is 30.3 Å². The highest BCUT2D eigenvalue weighted by molar-refractivity contribution is 6.32. The molecule has 124 valence electrons. The van der Waals surface area contributed by atoms with Gasteiger partial charge < -0.3 is 5.11 Å². The van der Waals surface area contributed by atoms with Crippen molar-refractivity contribution in [2.24, 2.45) is 0 Å². The van der Waals surface area contributed by atoms with Gasteiger partial charge in [0.2, 0.25) is 0 Å². The number of aromatic nitrogens is 1. The number of rotatable bonds is 7. The van der Waals surface area contributed by atoms with Gasteiger partial charge >= 0.3 is 0 Å². The SMILES string of the molecule is OCCN(CCc1ccccc1)Cc1c(Cl)ccc2cccnc12. The van der Waals surface area contributed by atoms with E-state index < -0.39 is 0 Å². The minimum Gasteiger partial charge on any atom is -0.395 e. The summed E-state index contributed by atoms with van der Waals surface area (Å²) in [6.07, 6.45) is 2.74. The highest BCUT2D eigenvalue weighted by Crippen LogP contribution is 2.26. The average molecular weight is 341 g/mol. The molecule has 0 saturated carbocycles. The van der Waals surface area contributed by atoms with Gasteiger partial charge in [0.05, 0.1) is 12.1 Å². The Bertz CT molecular complexity index is 792. The number of fused-ring (bicyclic) bond motifs is 1. The van der Waals surface area contributed by atoms with Crippen LogP contribution in [0.3, 0.4) is 0 Å². The maximum Gasteiger partial charge on any atom is 0.0761 e. The molecule has 3 aromatic rings. The van der Waals surface area contributed by atoms with Gasteiger partial charge in [0, 0.05) is 41.8 Å². The van der Waals surface area contributed by atoms with Crippen molar-refractivity contribution in [3.8, 4) is 0 Å². The number of hydrogen-bond donors (Lipinski definition) is 1. The highest BCUT2D eigenvalue weighted by atomic mass is 35.5. The molecule has 4 heteroatoms. The predicted octanol–water partition coefficient (Wildman–Crippen LogP) is 3.93. The van der Waals surface area contributed by atoms with Crippen molar-refractivity contribution in [1.82, 2.24) is 9.88 Å². The van der Waals surface area contributed by atoms with Crippen LogP contribution in [0.1, 0.15) is 11.1 Å². The Morgan fingerprint density at radius 1 is 0.958 bits per heavy atom. The molecule has 0 aliphatic heterocycles. The molecule has 3 rings (SSSR count). The van der Waals surface area contributed by atoms with E-state index >= 15 is 0 Å². The van der Waals surface area contributed by atoms with Crippen LogP contribution in [-0.4, -0.2) is 34.7 Å². The second-order valence-electron chi connectivity index (χ2n) is 5.84. The second-order valence-corrected chi connectivity index (χ2v) is 6.24. The summed E-state index contributed by atoms with van der Waals surface area (Å²) in [7, 11) is 0. The van der Waals surface area contributed by atoms with Crippen molar-refractivity contribution in [2.75, 3.05) is 19.7 Å². The summed E-state index contributed by atoms with van der Waals surface area (Å²) < 4.78 is 0. The molecule has 3 nitrogen and oxygen atoms in total. The minimum atomic E-state index is 0.130. The Labute approximate surface area is 147 Å². The Kier molecular flexibility index (Phi) is 5.81. The number of hydrogen-bond acceptors (Lipinski definition) is 3. The van der Waals surface area contributed by atoms with Crippen LogP contribution in [0.5, 0.6) is 0 Å². The molecule has 0 amide bonds. The molecule has 1 heterocycles. The van der Waals surface area contributed by atoms with Crippen LogP contribution < -0.4 is 0 Å². The first-order chi connectivity index (χ1) is 11.8. The summed E-state index contributed by atoms with van der Waals surface area (Å²) in [5.41, 5.74) is 3.26. The molecule has 0 aliphatic rings. The van der Waals surface area contributed by atoms with Crippen LogP contribution in [0.2, 0.25) is 5.02 Å². The molecule has 0 bridgehead atoms. The predicted molar refractivity (Wildman–Crippen MR) is 99.3 cm³/mol. The Morgan fingerprint density at radius 2 is 1.79 bits per heavy atom. The molecule has 0 radical (unpaired) electrons. The number of aliphatic hydroxyl groups excluding tert-OH is 1. The van der Waals surface area contributed by atoms with E-state index in [1.165, 1.54) is 5.56 Å². The monoisotopic (exact) mass is 340 g/mol. The van der Waals surface area contributed by atoms with Crippen molar-refractivity contribution >= 4 is 22.5 Å². The molecule has 2 aromatic carbocycles. The molecule has 0 spiro atoms. The Hall–Kier alpha value is -1.94. The first-order valence-electron chi connectivity index (χ1n) is 8.17. The molecular formula is C20H21ClN2O. The highest BCUT2D eigenvalue weighted by Gasteiger charge is 2.12. The minimum absolute atomic E-state index is 0.130. The van der Waals surface area contributed by atoms with Crippen LogP contribution >= 0.6 is 11.6 Å². The summed E-state index contributed by atoms with van der Waals surface area (Å²) in [4.78, 5) is 6.72. The van der Waals surface area contributed by atoms with Gasteiger partial charge in [-0.3, -0.25) is 9.88 Å². The zero-order valence-electron chi connectivity index (χ0n) is 13.5. The molecule has 24 heavy (non-hydrogen) atoms. The first-order valence-corrected chi connectivity index (χ1v) is 8.55. The Morgan fingerprint density at radius 3 is 2.58 bits per heavy atom. The van der Waals surface area contributed by atoms with Crippen LogP contribution in [0.15, 0.2) is 60.8 Å². The van der Waals surface area contributed by atoms with Crippen LogP contribution in [0, 0.1) is 0 Å². The van der Waals surface area contributed by atoms with Crippen molar-refractivity contribution in [1.29, 1.82) is 0 Å². The van der Waals surface area contributed by atoms with Crippen molar-refractivity contribution < 1.29 is 5.11 Å². The lowest BCUT2D eigenvalue weighted by atomic mass is 10.1. The third kappa shape index (κ3) is 4.12. The van der Waals surface area contributed by atoms with Gasteiger partial charge in [-0.2, -0.15) is 0 Å². The van der Waals surface area contributed by atoms with Gasteiger partial charge in [0.15, 0.2) is 0 Å². The van der Waals surface area contributed by atoms with Gasteiger partial charge in [-0.05, 0) is 24.1 Å². The fourth-order valence-corrected chi connectivity index (χ4v) is 3.11. The topological polar surface area (TPSA) is 36.4 Å². The normalized spacial score (nSPS) is 11.3. The molecule has 1 N–H and O–H groups in total. The molecule has 0 aliphatic carbocycles. The summed E-state index contributed by atoms with van der Waals surface area (Å²) >= 11 is 6.44. The lowest BCUT2D eigenvalue weighted by Gasteiger charge is -2.22. The van der Waals surface area contributed by atoms with E-state index in [0.717, 1.165) is 34.5 Å². The number of pyridine rings is 1. The van der Waals surface area contributed by atoms with Crippen LogP contribution in [-0.2, 0) is 13.0 Å². The van der Waals surface area contributed by atoms with E-state index in [1.54, 1.807) is 6.20 Å². The number of halogens is 1. The van der Waals surface area contributed by atoms with Crippen LogP contribution in [0.4, 0.5) is 0 Å². The molecule has 0 atom stereocenters. The Balaban J connectivity index is 1.79. The summed E-state index contributed by atoms with van der Waals surface area (Å²) in [6, 6.07) is 18.3. The van der Waals surface area contributed by atoms with E-state index in [0.29, 0.717) is 13.1 Å². The zero-order valence-corrected chi connectivity index (χ0v) is 14.3. The average Bonchev–Trinajstić information content (AvgIpc) is 2.63. The largest absolute Gasteiger partial charge is 0.395 e. The zero-order chi connectivity index (χ0) is 16.8. The van der Waals surface area contributed by atoms with E-state index in [-0.39, 0.29) is 6.61 Å². The lowest BCUT2D eigenvalue weighted by molar-refractivity contribution is 0.192. The first kappa shape index (κ1) is 16.9. The smallest absolute Gasteiger partial charge is 0.0761 e. The van der Waals surface area contributed by atoms with E-state index in [4.69, 9.17) is 11.6 Å². The molecular weight excluding hydrogens is 320 g/mol. The number of benzene rings is 2. The van der Waals surface area contributed by atoms with E-state index in [9.17, 15) is 5.11 Å².